The first-order chi connectivity index (χ1) is 10.1. The summed E-state index contributed by atoms with van der Waals surface area (Å²) >= 11 is 0. The molecular formula is C16H21N3O2. The Morgan fingerprint density at radius 2 is 2.24 bits per heavy atom. The fourth-order valence-corrected chi connectivity index (χ4v) is 3.04. The van der Waals surface area contributed by atoms with Gasteiger partial charge in [0, 0.05) is 18.0 Å². The summed E-state index contributed by atoms with van der Waals surface area (Å²) in [5, 5.41) is 4.11. The topological polar surface area (TPSA) is 74.2 Å². The van der Waals surface area contributed by atoms with Gasteiger partial charge in [0.25, 0.3) is 0 Å². The molecule has 2 aromatic rings. The van der Waals surface area contributed by atoms with Crippen molar-refractivity contribution in [3.05, 3.63) is 41.5 Å². The Bertz CT molecular complexity index is 625. The van der Waals surface area contributed by atoms with Crippen LogP contribution >= 0.6 is 0 Å². The Balaban J connectivity index is 1.82. The number of methoxy groups -OCH3 is 1. The highest BCUT2D eigenvalue weighted by Gasteiger charge is 2.42. The largest absolute Gasteiger partial charge is 0.496 e. The quantitative estimate of drug-likeness (QED) is 0.935. The second kappa shape index (κ2) is 5.48. The van der Waals surface area contributed by atoms with Gasteiger partial charge in [-0.2, -0.15) is 4.98 Å². The fourth-order valence-electron chi connectivity index (χ4n) is 3.04. The van der Waals surface area contributed by atoms with Crippen molar-refractivity contribution in [3.63, 3.8) is 0 Å². The number of ether oxygens (including phenoxy) is 1. The maximum Gasteiger partial charge on any atom is 0.234 e. The lowest BCUT2D eigenvalue weighted by Crippen LogP contribution is -2.38. The lowest BCUT2D eigenvalue weighted by atomic mass is 9.85. The fraction of sp³-hybridized carbons (Fsp3) is 0.500. The molecule has 3 rings (SSSR count). The number of hydrogen-bond donors (Lipinski definition) is 1. The summed E-state index contributed by atoms with van der Waals surface area (Å²) in [4.78, 5) is 4.57. The van der Waals surface area contributed by atoms with Crippen molar-refractivity contribution >= 4 is 0 Å². The second-order valence-corrected chi connectivity index (χ2v) is 5.92. The zero-order chi connectivity index (χ0) is 14.9. The van der Waals surface area contributed by atoms with E-state index < -0.39 is 0 Å². The van der Waals surface area contributed by atoms with Crippen LogP contribution in [0.5, 0.6) is 5.75 Å². The highest BCUT2D eigenvalue weighted by molar-refractivity contribution is 5.35. The molecule has 0 bridgehead atoms. The maximum absolute atomic E-state index is 6.20. The molecule has 5 nitrogen and oxygen atoms in total. The van der Waals surface area contributed by atoms with E-state index in [2.05, 4.69) is 17.1 Å². The molecule has 0 saturated heterocycles. The summed E-state index contributed by atoms with van der Waals surface area (Å²) in [6.45, 7) is 2.12. The van der Waals surface area contributed by atoms with Crippen molar-refractivity contribution in [3.8, 4) is 5.75 Å². The van der Waals surface area contributed by atoms with Crippen LogP contribution in [0.2, 0.25) is 0 Å². The van der Waals surface area contributed by atoms with E-state index >= 15 is 0 Å². The highest BCUT2D eigenvalue weighted by Crippen LogP contribution is 2.39. The van der Waals surface area contributed by atoms with E-state index in [1.165, 1.54) is 0 Å². The van der Waals surface area contributed by atoms with Gasteiger partial charge in [0.05, 0.1) is 12.5 Å². The van der Waals surface area contributed by atoms with Crippen LogP contribution in [0, 0.1) is 0 Å². The lowest BCUT2D eigenvalue weighted by Gasteiger charge is -2.23. The third kappa shape index (κ3) is 2.53. The number of nitrogens with two attached hydrogens (primary N) is 1. The molecule has 0 aliphatic heterocycles. The molecule has 1 heterocycles. The van der Waals surface area contributed by atoms with E-state index in [0.717, 1.165) is 30.6 Å². The van der Waals surface area contributed by atoms with Gasteiger partial charge in [0.1, 0.15) is 5.75 Å². The molecule has 1 aliphatic carbocycles. The summed E-state index contributed by atoms with van der Waals surface area (Å²) < 4.78 is 10.8. The molecule has 2 atom stereocenters. The van der Waals surface area contributed by atoms with Crippen LogP contribution in [0.1, 0.15) is 43.5 Å². The van der Waals surface area contributed by atoms with E-state index in [1.807, 2.05) is 24.3 Å². The number of aromatic nitrogens is 2. The first-order valence-corrected chi connectivity index (χ1v) is 7.34. The van der Waals surface area contributed by atoms with Crippen LogP contribution in [0.3, 0.4) is 0 Å². The molecule has 5 heteroatoms. The first kappa shape index (κ1) is 14.1. The van der Waals surface area contributed by atoms with Gasteiger partial charge in [-0.05, 0) is 25.8 Å². The third-order valence-corrected chi connectivity index (χ3v) is 4.53. The van der Waals surface area contributed by atoms with Crippen molar-refractivity contribution in [2.45, 2.75) is 44.1 Å². The van der Waals surface area contributed by atoms with E-state index in [1.54, 1.807) is 7.11 Å². The third-order valence-electron chi connectivity index (χ3n) is 4.53. The van der Waals surface area contributed by atoms with Gasteiger partial charge >= 0.3 is 0 Å². The summed E-state index contributed by atoms with van der Waals surface area (Å²) in [7, 11) is 1.67. The average molecular weight is 287 g/mol. The normalized spacial score (nSPS) is 25.2. The second-order valence-electron chi connectivity index (χ2n) is 5.92. The Morgan fingerprint density at radius 1 is 1.43 bits per heavy atom. The molecule has 1 aromatic carbocycles. The van der Waals surface area contributed by atoms with Crippen LogP contribution in [-0.2, 0) is 11.8 Å². The molecule has 1 saturated carbocycles. The lowest BCUT2D eigenvalue weighted by molar-refractivity contribution is 0.276. The highest BCUT2D eigenvalue weighted by atomic mass is 16.5. The van der Waals surface area contributed by atoms with Crippen LogP contribution in [0.4, 0.5) is 0 Å². The molecule has 112 valence electrons. The SMILES string of the molecule is COc1ccccc1Cc1noc(C2(C)CCCC2N)n1. The van der Waals surface area contributed by atoms with Crippen LogP contribution < -0.4 is 10.5 Å². The van der Waals surface area contributed by atoms with Gasteiger partial charge in [-0.25, -0.2) is 0 Å². The molecule has 0 spiro atoms. The molecule has 2 N–H and O–H groups in total. The molecular weight excluding hydrogens is 266 g/mol. The van der Waals surface area contributed by atoms with Gasteiger partial charge < -0.3 is 15.0 Å². The van der Waals surface area contributed by atoms with E-state index in [-0.39, 0.29) is 11.5 Å². The van der Waals surface area contributed by atoms with Crippen molar-refractivity contribution in [1.82, 2.24) is 10.1 Å². The van der Waals surface area contributed by atoms with Gasteiger partial charge in [0.15, 0.2) is 5.82 Å². The predicted molar refractivity (Wildman–Crippen MR) is 79.3 cm³/mol. The zero-order valence-electron chi connectivity index (χ0n) is 12.5. The average Bonchev–Trinajstić information content (AvgIpc) is 3.08. The van der Waals surface area contributed by atoms with Crippen molar-refractivity contribution < 1.29 is 9.26 Å². The predicted octanol–water partition coefficient (Wildman–Crippen LogP) is 2.44. The minimum atomic E-state index is -0.188. The van der Waals surface area contributed by atoms with Gasteiger partial charge in [0.2, 0.25) is 5.89 Å². The number of hydrogen-bond acceptors (Lipinski definition) is 5. The van der Waals surface area contributed by atoms with Crippen LogP contribution in [0.25, 0.3) is 0 Å². The van der Waals surface area contributed by atoms with E-state index in [9.17, 15) is 0 Å². The Labute approximate surface area is 124 Å². The van der Waals surface area contributed by atoms with E-state index in [0.29, 0.717) is 18.1 Å². The standard InChI is InChI=1S/C16H21N3O2/c1-16(9-5-8-13(16)17)15-18-14(19-21-15)10-11-6-3-4-7-12(11)20-2/h3-4,6-7,13H,5,8-10,17H2,1-2H3. The zero-order valence-corrected chi connectivity index (χ0v) is 12.5. The molecule has 1 aliphatic rings. The molecule has 21 heavy (non-hydrogen) atoms. The monoisotopic (exact) mass is 287 g/mol. The van der Waals surface area contributed by atoms with Crippen molar-refractivity contribution in [2.24, 2.45) is 5.73 Å². The Morgan fingerprint density at radius 3 is 2.95 bits per heavy atom. The summed E-state index contributed by atoms with van der Waals surface area (Å²) in [6, 6.07) is 7.97. The van der Waals surface area contributed by atoms with E-state index in [4.69, 9.17) is 15.0 Å². The maximum atomic E-state index is 6.20. The number of benzene rings is 1. The van der Waals surface area contributed by atoms with Gasteiger partial charge in [-0.3, -0.25) is 0 Å². The summed E-state index contributed by atoms with van der Waals surface area (Å²) in [6.07, 6.45) is 3.73. The van der Waals surface area contributed by atoms with Gasteiger partial charge in [-0.1, -0.05) is 29.8 Å². The Kier molecular flexibility index (Phi) is 3.68. The molecule has 1 aromatic heterocycles. The number of para-hydroxylation sites is 1. The molecule has 1 fully saturated rings. The minimum absolute atomic E-state index is 0.0945. The summed E-state index contributed by atoms with van der Waals surface area (Å²) in [5.41, 5.74) is 7.07. The van der Waals surface area contributed by atoms with Crippen LogP contribution in [0.15, 0.2) is 28.8 Å². The smallest absolute Gasteiger partial charge is 0.234 e. The Hall–Kier alpha value is -1.88. The molecule has 2 unspecified atom stereocenters. The summed E-state index contributed by atoms with van der Waals surface area (Å²) in [5.74, 6) is 2.18. The van der Waals surface area contributed by atoms with Crippen LogP contribution in [-0.4, -0.2) is 23.3 Å². The first-order valence-electron chi connectivity index (χ1n) is 7.34. The molecule has 0 amide bonds. The van der Waals surface area contributed by atoms with Gasteiger partial charge in [-0.15, -0.1) is 0 Å². The van der Waals surface area contributed by atoms with Crippen molar-refractivity contribution in [1.29, 1.82) is 0 Å². The number of rotatable bonds is 4. The van der Waals surface area contributed by atoms with Crippen molar-refractivity contribution in [2.75, 3.05) is 7.11 Å². The minimum Gasteiger partial charge on any atom is -0.496 e. The number of nitrogens with zero attached hydrogens (tertiary/aromatic N) is 2. The molecule has 0 radical (unpaired) electrons.